The molecule has 3 rings (SSSR count). The molecule has 0 bridgehead atoms. The zero-order valence-electron chi connectivity index (χ0n) is 18.1. The molecule has 0 radical (unpaired) electrons. The van der Waals surface area contributed by atoms with E-state index in [-0.39, 0.29) is 17.2 Å². The van der Waals surface area contributed by atoms with E-state index >= 15 is 0 Å². The lowest BCUT2D eigenvalue weighted by Crippen LogP contribution is -2.24. The van der Waals surface area contributed by atoms with E-state index in [2.05, 4.69) is 4.72 Å². The first-order valence-electron chi connectivity index (χ1n) is 9.55. The van der Waals surface area contributed by atoms with Crippen LogP contribution in [-0.2, 0) is 16.6 Å². The van der Waals surface area contributed by atoms with Crippen LogP contribution < -0.4 is 23.7 Å². The summed E-state index contributed by atoms with van der Waals surface area (Å²) >= 11 is 0. The van der Waals surface area contributed by atoms with Crippen molar-refractivity contribution >= 4 is 10.0 Å². The molecule has 170 valence electrons. The maximum absolute atomic E-state index is 13.3. The maximum atomic E-state index is 13.3. The van der Waals surface area contributed by atoms with Crippen molar-refractivity contribution in [2.75, 3.05) is 28.4 Å². The highest BCUT2D eigenvalue weighted by Gasteiger charge is 2.24. The van der Waals surface area contributed by atoms with E-state index in [1.165, 1.54) is 58.8 Å². The number of nitrogens with one attached hydrogen (secondary N) is 1. The summed E-state index contributed by atoms with van der Waals surface area (Å²) in [7, 11) is 1.92. The highest BCUT2D eigenvalue weighted by molar-refractivity contribution is 7.89. The summed E-state index contributed by atoms with van der Waals surface area (Å²) in [6, 6.07) is 13.7. The highest BCUT2D eigenvalue weighted by Crippen LogP contribution is 2.40. The summed E-state index contributed by atoms with van der Waals surface area (Å²) < 4.78 is 63.6. The number of rotatable bonds is 9. The van der Waals surface area contributed by atoms with E-state index < -0.39 is 15.8 Å². The number of hydrogen-bond donors (Lipinski definition) is 1. The Kier molecular flexibility index (Phi) is 7.22. The van der Waals surface area contributed by atoms with Crippen LogP contribution in [-0.4, -0.2) is 36.9 Å². The van der Waals surface area contributed by atoms with Gasteiger partial charge in [-0.3, -0.25) is 0 Å². The van der Waals surface area contributed by atoms with Gasteiger partial charge in [0.05, 0.1) is 33.3 Å². The van der Waals surface area contributed by atoms with Gasteiger partial charge in [-0.2, -0.15) is 0 Å². The number of benzene rings is 3. The molecule has 0 atom stereocenters. The van der Waals surface area contributed by atoms with E-state index in [4.69, 9.17) is 18.9 Å². The zero-order valence-corrected chi connectivity index (χ0v) is 19.0. The van der Waals surface area contributed by atoms with Gasteiger partial charge in [0, 0.05) is 18.2 Å². The van der Waals surface area contributed by atoms with Crippen LogP contribution in [0.3, 0.4) is 0 Å². The van der Waals surface area contributed by atoms with Crippen molar-refractivity contribution in [3.63, 3.8) is 0 Å². The third-order valence-corrected chi connectivity index (χ3v) is 6.29. The molecule has 0 unspecified atom stereocenters. The molecule has 0 saturated heterocycles. The van der Waals surface area contributed by atoms with Crippen LogP contribution >= 0.6 is 0 Å². The quantitative estimate of drug-likeness (QED) is 0.519. The molecule has 9 heteroatoms. The minimum Gasteiger partial charge on any atom is -0.493 e. The Hall–Kier alpha value is -3.30. The standard InChI is InChI=1S/C23H24FNO6S/c1-28-19-10-7-16(11-20(19)29-2)18-12-21(30-3)22(31-4)13-23(18)32(26,27)25-14-15-5-8-17(24)9-6-15/h5-13,25H,14H2,1-4H3. The smallest absolute Gasteiger partial charge is 0.241 e. The Morgan fingerprint density at radius 3 is 1.91 bits per heavy atom. The zero-order chi connectivity index (χ0) is 23.3. The molecule has 0 saturated carbocycles. The van der Waals surface area contributed by atoms with E-state index in [0.29, 0.717) is 33.9 Å². The fourth-order valence-corrected chi connectivity index (χ4v) is 4.41. The molecule has 1 N–H and O–H groups in total. The lowest BCUT2D eigenvalue weighted by Gasteiger charge is -2.17. The van der Waals surface area contributed by atoms with Crippen LogP contribution in [0.15, 0.2) is 59.5 Å². The molecule has 0 amide bonds. The maximum Gasteiger partial charge on any atom is 0.241 e. The number of halogens is 1. The largest absolute Gasteiger partial charge is 0.493 e. The first-order chi connectivity index (χ1) is 15.3. The molecule has 3 aromatic rings. The second kappa shape index (κ2) is 9.88. The fourth-order valence-electron chi connectivity index (χ4n) is 3.17. The number of sulfonamides is 1. The average molecular weight is 462 g/mol. The highest BCUT2D eigenvalue weighted by atomic mass is 32.2. The van der Waals surface area contributed by atoms with Crippen LogP contribution in [0.1, 0.15) is 5.56 Å². The molecule has 0 heterocycles. The van der Waals surface area contributed by atoms with Crippen molar-refractivity contribution < 1.29 is 31.8 Å². The summed E-state index contributed by atoms with van der Waals surface area (Å²) in [5, 5.41) is 0. The predicted octanol–water partition coefficient (Wildman–Crippen LogP) is 4.01. The Labute approximate surface area is 186 Å². The van der Waals surface area contributed by atoms with E-state index in [1.54, 1.807) is 24.3 Å². The van der Waals surface area contributed by atoms with Gasteiger partial charge in [-0.15, -0.1) is 0 Å². The molecular formula is C23H24FNO6S. The van der Waals surface area contributed by atoms with Gasteiger partial charge in [0.1, 0.15) is 5.82 Å². The van der Waals surface area contributed by atoms with Crippen LogP contribution in [0.2, 0.25) is 0 Å². The summed E-state index contributed by atoms with van der Waals surface area (Å²) in [5.74, 6) is 1.19. The van der Waals surface area contributed by atoms with Gasteiger partial charge in [-0.1, -0.05) is 18.2 Å². The second-order valence-electron chi connectivity index (χ2n) is 6.72. The van der Waals surface area contributed by atoms with Gasteiger partial charge in [-0.25, -0.2) is 17.5 Å². The van der Waals surface area contributed by atoms with E-state index in [1.807, 2.05) is 0 Å². The molecule has 0 aliphatic rings. The minimum absolute atomic E-state index is 0.00974. The Bertz CT molecular complexity index is 1200. The second-order valence-corrected chi connectivity index (χ2v) is 8.46. The van der Waals surface area contributed by atoms with Gasteiger partial charge >= 0.3 is 0 Å². The molecule has 0 aromatic heterocycles. The number of hydrogen-bond acceptors (Lipinski definition) is 6. The van der Waals surface area contributed by atoms with E-state index in [0.717, 1.165) is 0 Å². The van der Waals surface area contributed by atoms with Crippen LogP contribution in [0.25, 0.3) is 11.1 Å². The molecule has 0 aliphatic carbocycles. The third-order valence-electron chi connectivity index (χ3n) is 4.85. The molecule has 3 aromatic carbocycles. The predicted molar refractivity (Wildman–Crippen MR) is 119 cm³/mol. The Balaban J connectivity index is 2.10. The first-order valence-corrected chi connectivity index (χ1v) is 11.0. The summed E-state index contributed by atoms with van der Waals surface area (Å²) in [6.07, 6.45) is 0. The Morgan fingerprint density at radius 1 is 0.750 bits per heavy atom. The lowest BCUT2D eigenvalue weighted by atomic mass is 10.0. The van der Waals surface area contributed by atoms with Crippen molar-refractivity contribution in [2.24, 2.45) is 0 Å². The van der Waals surface area contributed by atoms with Crippen molar-refractivity contribution in [2.45, 2.75) is 11.4 Å². The first kappa shape index (κ1) is 23.4. The minimum atomic E-state index is -3.99. The van der Waals surface area contributed by atoms with Crippen LogP contribution in [0.5, 0.6) is 23.0 Å². The number of ether oxygens (including phenoxy) is 4. The number of methoxy groups -OCH3 is 4. The van der Waals surface area contributed by atoms with Gasteiger partial charge in [0.25, 0.3) is 0 Å². The lowest BCUT2D eigenvalue weighted by molar-refractivity contribution is 0.353. The summed E-state index contributed by atoms with van der Waals surface area (Å²) in [6.45, 7) is -0.0116. The summed E-state index contributed by atoms with van der Waals surface area (Å²) in [4.78, 5) is -0.00974. The van der Waals surface area contributed by atoms with Gasteiger partial charge in [0.15, 0.2) is 23.0 Å². The topological polar surface area (TPSA) is 83.1 Å². The average Bonchev–Trinajstić information content (AvgIpc) is 2.82. The fraction of sp³-hybridized carbons (Fsp3) is 0.217. The molecule has 7 nitrogen and oxygen atoms in total. The molecule has 32 heavy (non-hydrogen) atoms. The van der Waals surface area contributed by atoms with Crippen molar-refractivity contribution in [3.8, 4) is 34.1 Å². The molecule has 0 aliphatic heterocycles. The van der Waals surface area contributed by atoms with Crippen molar-refractivity contribution in [3.05, 3.63) is 66.0 Å². The van der Waals surface area contributed by atoms with Crippen LogP contribution in [0.4, 0.5) is 4.39 Å². The molecular weight excluding hydrogens is 437 g/mol. The summed E-state index contributed by atoms with van der Waals surface area (Å²) in [5.41, 5.74) is 1.57. The van der Waals surface area contributed by atoms with Crippen LogP contribution in [0, 0.1) is 5.82 Å². The van der Waals surface area contributed by atoms with Gasteiger partial charge < -0.3 is 18.9 Å². The molecule has 0 fully saturated rings. The monoisotopic (exact) mass is 461 g/mol. The van der Waals surface area contributed by atoms with Gasteiger partial charge in [-0.05, 0) is 41.5 Å². The normalized spacial score (nSPS) is 11.2. The Morgan fingerprint density at radius 2 is 1.31 bits per heavy atom. The SMILES string of the molecule is COc1ccc(-c2cc(OC)c(OC)cc2S(=O)(=O)NCc2ccc(F)cc2)cc1OC. The van der Waals surface area contributed by atoms with Gasteiger partial charge in [0.2, 0.25) is 10.0 Å². The van der Waals surface area contributed by atoms with Crippen molar-refractivity contribution in [1.82, 2.24) is 4.72 Å². The third kappa shape index (κ3) is 4.95. The van der Waals surface area contributed by atoms with E-state index in [9.17, 15) is 12.8 Å². The molecule has 0 spiro atoms. The van der Waals surface area contributed by atoms with Crippen molar-refractivity contribution in [1.29, 1.82) is 0 Å².